The van der Waals surface area contributed by atoms with Gasteiger partial charge in [-0.1, -0.05) is 17.7 Å². The molecule has 0 fully saturated rings. The summed E-state index contributed by atoms with van der Waals surface area (Å²) < 4.78 is 0. The summed E-state index contributed by atoms with van der Waals surface area (Å²) in [5.74, 6) is -0.364. The highest BCUT2D eigenvalue weighted by Gasteiger charge is 2.05. The molecule has 0 saturated carbocycles. The van der Waals surface area contributed by atoms with Crippen LogP contribution in [0.5, 0.6) is 0 Å². The molecule has 18 heavy (non-hydrogen) atoms. The van der Waals surface area contributed by atoms with E-state index in [-0.39, 0.29) is 5.56 Å². The monoisotopic (exact) mass is 280 g/mol. The average molecular weight is 281 g/mol. The van der Waals surface area contributed by atoms with E-state index in [4.69, 9.17) is 16.7 Å². The van der Waals surface area contributed by atoms with Crippen LogP contribution < -0.4 is 0 Å². The highest BCUT2D eigenvalue weighted by atomic mass is 35.5. The predicted octanol–water partition coefficient (Wildman–Crippen LogP) is 3.12. The van der Waals surface area contributed by atoms with Crippen LogP contribution in [0.2, 0.25) is 5.15 Å². The summed E-state index contributed by atoms with van der Waals surface area (Å²) in [6.45, 7) is 0. The van der Waals surface area contributed by atoms with Gasteiger partial charge in [-0.05, 0) is 24.3 Å². The third-order valence-electron chi connectivity index (χ3n) is 2.12. The van der Waals surface area contributed by atoms with Crippen LogP contribution >= 0.6 is 23.4 Å². The lowest BCUT2D eigenvalue weighted by molar-refractivity contribution is 0.0696. The number of hydrogen-bond donors (Lipinski definition) is 1. The van der Waals surface area contributed by atoms with Crippen molar-refractivity contribution in [2.45, 2.75) is 10.8 Å². The maximum atomic E-state index is 10.8. The lowest BCUT2D eigenvalue weighted by atomic mass is 10.3. The first-order valence-electron chi connectivity index (χ1n) is 5.09. The van der Waals surface area contributed by atoms with Crippen LogP contribution in [-0.4, -0.2) is 21.0 Å². The molecule has 0 saturated heterocycles. The van der Waals surface area contributed by atoms with Crippen LogP contribution in [0.4, 0.5) is 0 Å². The summed E-state index contributed by atoms with van der Waals surface area (Å²) in [5.41, 5.74) is 1.06. The first kappa shape index (κ1) is 12.9. The number of nitrogens with zero attached hydrogens (tertiary/aromatic N) is 2. The highest BCUT2D eigenvalue weighted by Crippen LogP contribution is 2.21. The molecule has 0 amide bonds. The van der Waals surface area contributed by atoms with Crippen LogP contribution in [0, 0.1) is 0 Å². The Morgan fingerprint density at radius 2 is 2.22 bits per heavy atom. The Labute approximate surface area is 113 Å². The third-order valence-corrected chi connectivity index (χ3v) is 3.29. The van der Waals surface area contributed by atoms with Gasteiger partial charge in [-0.2, -0.15) is 0 Å². The number of rotatable bonds is 4. The van der Waals surface area contributed by atoms with Gasteiger partial charge in [0.05, 0.1) is 16.3 Å². The van der Waals surface area contributed by atoms with Crippen molar-refractivity contribution in [1.29, 1.82) is 0 Å². The number of aromatic nitrogens is 2. The minimum absolute atomic E-state index is 0.228. The van der Waals surface area contributed by atoms with Gasteiger partial charge >= 0.3 is 5.97 Å². The van der Waals surface area contributed by atoms with Crippen molar-refractivity contribution in [3.8, 4) is 0 Å². The summed E-state index contributed by atoms with van der Waals surface area (Å²) in [6.07, 6.45) is 1.48. The summed E-state index contributed by atoms with van der Waals surface area (Å²) in [4.78, 5) is 19.0. The Kier molecular flexibility index (Phi) is 4.17. The third kappa shape index (κ3) is 3.45. The molecular formula is C12H9ClN2O2S. The average Bonchev–Trinajstić information content (AvgIpc) is 2.37. The van der Waals surface area contributed by atoms with Crippen LogP contribution in [0.25, 0.3) is 0 Å². The number of thioether (sulfide) groups is 1. The van der Waals surface area contributed by atoms with Gasteiger partial charge in [0.25, 0.3) is 0 Å². The van der Waals surface area contributed by atoms with Gasteiger partial charge in [-0.15, -0.1) is 11.8 Å². The van der Waals surface area contributed by atoms with Gasteiger partial charge in [0.15, 0.2) is 0 Å². The van der Waals surface area contributed by atoms with Gasteiger partial charge in [-0.3, -0.25) is 0 Å². The molecule has 0 radical (unpaired) electrons. The number of aromatic carboxylic acids is 1. The van der Waals surface area contributed by atoms with Crippen molar-refractivity contribution in [2.75, 3.05) is 0 Å². The number of hydrogen-bond acceptors (Lipinski definition) is 4. The highest BCUT2D eigenvalue weighted by molar-refractivity contribution is 7.98. The molecule has 1 N–H and O–H groups in total. The smallest absolute Gasteiger partial charge is 0.335 e. The maximum absolute atomic E-state index is 10.8. The van der Waals surface area contributed by atoms with Gasteiger partial charge in [0.1, 0.15) is 5.15 Å². The molecule has 0 aliphatic heterocycles. The van der Waals surface area contributed by atoms with Crippen molar-refractivity contribution in [3.63, 3.8) is 0 Å². The largest absolute Gasteiger partial charge is 0.478 e. The van der Waals surface area contributed by atoms with Crippen molar-refractivity contribution in [2.24, 2.45) is 0 Å². The summed E-state index contributed by atoms with van der Waals surface area (Å²) in [5, 5.41) is 9.96. The fraction of sp³-hybridized carbons (Fsp3) is 0.0833. The Hall–Kier alpha value is -1.59. The molecule has 4 nitrogen and oxygen atoms in total. The van der Waals surface area contributed by atoms with Crippen LogP contribution in [0.15, 0.2) is 41.6 Å². The molecule has 0 bridgehead atoms. The molecule has 2 aromatic rings. The van der Waals surface area contributed by atoms with Crippen molar-refractivity contribution in [3.05, 3.63) is 52.9 Å². The van der Waals surface area contributed by atoms with E-state index in [9.17, 15) is 4.79 Å². The summed E-state index contributed by atoms with van der Waals surface area (Å²) in [7, 11) is 0. The number of carboxylic acid groups (broad SMARTS) is 1. The normalized spacial score (nSPS) is 10.3. The predicted molar refractivity (Wildman–Crippen MR) is 70.0 cm³/mol. The molecule has 0 aliphatic rings. The lowest BCUT2D eigenvalue weighted by Gasteiger charge is -2.02. The van der Waals surface area contributed by atoms with Crippen LogP contribution in [0.3, 0.4) is 0 Å². The van der Waals surface area contributed by atoms with Gasteiger partial charge in [0, 0.05) is 11.9 Å². The fourth-order valence-corrected chi connectivity index (χ4v) is 2.28. The Bertz CT molecular complexity index is 578. The first-order chi connectivity index (χ1) is 8.65. The minimum Gasteiger partial charge on any atom is -0.478 e. The second-order valence-corrected chi connectivity index (χ2v) is 4.81. The van der Waals surface area contributed by atoms with Gasteiger partial charge in [0.2, 0.25) is 0 Å². The molecule has 2 heterocycles. The van der Waals surface area contributed by atoms with Crippen LogP contribution in [0.1, 0.15) is 16.1 Å². The van der Waals surface area contributed by atoms with Crippen molar-refractivity contribution in [1.82, 2.24) is 9.97 Å². The second kappa shape index (κ2) is 5.84. The van der Waals surface area contributed by atoms with E-state index >= 15 is 0 Å². The molecular weight excluding hydrogens is 272 g/mol. The quantitative estimate of drug-likeness (QED) is 0.689. The molecule has 0 aromatic carbocycles. The number of pyridine rings is 2. The molecule has 6 heteroatoms. The standard InChI is InChI=1S/C12H9ClN2O2S/c13-10-3-1-2-9(15-10)7-18-11-6-8(12(16)17)4-5-14-11/h1-6H,7H2,(H,16,17). The van der Waals surface area contributed by atoms with E-state index in [1.165, 1.54) is 30.1 Å². The van der Waals surface area contributed by atoms with E-state index in [2.05, 4.69) is 9.97 Å². The molecule has 2 aromatic heterocycles. The molecule has 0 aliphatic carbocycles. The van der Waals surface area contributed by atoms with Gasteiger partial charge < -0.3 is 5.11 Å². The maximum Gasteiger partial charge on any atom is 0.335 e. The number of carbonyl (C=O) groups is 1. The summed E-state index contributed by atoms with van der Waals surface area (Å²) >= 11 is 7.20. The lowest BCUT2D eigenvalue weighted by Crippen LogP contribution is -1.97. The van der Waals surface area contributed by atoms with Crippen molar-refractivity contribution >= 4 is 29.3 Å². The Morgan fingerprint density at radius 1 is 1.39 bits per heavy atom. The molecule has 92 valence electrons. The van der Waals surface area contributed by atoms with E-state index < -0.39 is 5.97 Å². The number of carboxylic acids is 1. The zero-order chi connectivity index (χ0) is 13.0. The fourth-order valence-electron chi connectivity index (χ4n) is 1.30. The SMILES string of the molecule is O=C(O)c1ccnc(SCc2cccc(Cl)n2)c1. The van der Waals surface area contributed by atoms with E-state index in [1.807, 2.05) is 12.1 Å². The Balaban J connectivity index is 2.06. The minimum atomic E-state index is -0.958. The van der Waals surface area contributed by atoms with Crippen molar-refractivity contribution < 1.29 is 9.90 Å². The van der Waals surface area contributed by atoms with E-state index in [1.54, 1.807) is 6.07 Å². The molecule has 2 rings (SSSR count). The number of halogens is 1. The van der Waals surface area contributed by atoms with E-state index in [0.29, 0.717) is 15.9 Å². The first-order valence-corrected chi connectivity index (χ1v) is 6.45. The molecule has 0 spiro atoms. The second-order valence-electron chi connectivity index (χ2n) is 3.43. The zero-order valence-corrected chi connectivity index (χ0v) is 10.8. The Morgan fingerprint density at radius 3 is 2.94 bits per heavy atom. The molecule has 0 unspecified atom stereocenters. The van der Waals surface area contributed by atoms with Gasteiger partial charge in [-0.25, -0.2) is 14.8 Å². The van der Waals surface area contributed by atoms with E-state index in [0.717, 1.165) is 5.69 Å². The zero-order valence-electron chi connectivity index (χ0n) is 9.21. The molecule has 0 atom stereocenters. The topological polar surface area (TPSA) is 63.1 Å². The van der Waals surface area contributed by atoms with Crippen LogP contribution in [-0.2, 0) is 5.75 Å². The summed E-state index contributed by atoms with van der Waals surface area (Å²) in [6, 6.07) is 8.40.